The van der Waals surface area contributed by atoms with E-state index in [2.05, 4.69) is 5.32 Å². The van der Waals surface area contributed by atoms with Gasteiger partial charge in [0.15, 0.2) is 6.10 Å². The van der Waals surface area contributed by atoms with Crippen molar-refractivity contribution in [3.8, 4) is 11.5 Å². The van der Waals surface area contributed by atoms with Crippen LogP contribution in [0.2, 0.25) is 0 Å². The molecule has 1 N–H and O–H groups in total. The van der Waals surface area contributed by atoms with Gasteiger partial charge < -0.3 is 14.8 Å². The van der Waals surface area contributed by atoms with E-state index in [9.17, 15) is 18.0 Å². The third kappa shape index (κ3) is 5.14. The lowest BCUT2D eigenvalue weighted by Gasteiger charge is -2.18. The molecule has 2 aromatic rings. The molecule has 4 nitrogen and oxygen atoms in total. The van der Waals surface area contributed by atoms with Gasteiger partial charge in [-0.05, 0) is 48.9 Å². The van der Waals surface area contributed by atoms with Crippen molar-refractivity contribution in [1.82, 2.24) is 0 Å². The first-order valence-corrected chi connectivity index (χ1v) is 7.62. The van der Waals surface area contributed by atoms with Crippen molar-refractivity contribution in [2.24, 2.45) is 0 Å². The monoisotopic (exact) mass is 353 g/mol. The number of nitrogens with one attached hydrogen (secondary N) is 1. The largest absolute Gasteiger partial charge is 0.497 e. The fourth-order valence-corrected chi connectivity index (χ4v) is 2.14. The Morgan fingerprint density at radius 3 is 2.32 bits per heavy atom. The van der Waals surface area contributed by atoms with E-state index in [1.807, 2.05) is 0 Å². The number of hydrogen-bond donors (Lipinski definition) is 1. The molecule has 2 aromatic carbocycles. The highest BCUT2D eigenvalue weighted by molar-refractivity contribution is 5.94. The van der Waals surface area contributed by atoms with E-state index in [4.69, 9.17) is 9.47 Å². The van der Waals surface area contributed by atoms with Crippen LogP contribution in [0.15, 0.2) is 48.5 Å². The molecule has 0 aliphatic rings. The molecule has 0 unspecified atom stereocenters. The highest BCUT2D eigenvalue weighted by Crippen LogP contribution is 2.30. The Kier molecular flexibility index (Phi) is 5.90. The van der Waals surface area contributed by atoms with Crippen LogP contribution >= 0.6 is 0 Å². The van der Waals surface area contributed by atoms with Crippen molar-refractivity contribution in [2.45, 2.75) is 25.6 Å². The number of alkyl halides is 3. The van der Waals surface area contributed by atoms with E-state index in [0.29, 0.717) is 17.9 Å². The van der Waals surface area contributed by atoms with Crippen molar-refractivity contribution >= 4 is 11.6 Å². The molecule has 0 spiro atoms. The highest BCUT2D eigenvalue weighted by Gasteiger charge is 2.30. The van der Waals surface area contributed by atoms with Crippen LogP contribution < -0.4 is 14.8 Å². The maximum atomic E-state index is 12.7. The molecular weight excluding hydrogens is 335 g/mol. The molecule has 2 rings (SSSR count). The Morgan fingerprint density at radius 2 is 1.76 bits per heavy atom. The fraction of sp³-hybridized carbons (Fsp3) is 0.278. The van der Waals surface area contributed by atoms with Gasteiger partial charge in [0.25, 0.3) is 5.91 Å². The summed E-state index contributed by atoms with van der Waals surface area (Å²) in [4.78, 5) is 12.3. The Bertz CT molecular complexity index is 714. The number of anilines is 1. The summed E-state index contributed by atoms with van der Waals surface area (Å²) in [6.07, 6.45) is -4.94. The van der Waals surface area contributed by atoms with Gasteiger partial charge in [-0.2, -0.15) is 13.2 Å². The minimum absolute atomic E-state index is 0.0663. The lowest BCUT2D eigenvalue weighted by atomic mass is 10.2. The number of halogens is 3. The summed E-state index contributed by atoms with van der Waals surface area (Å²) in [5.41, 5.74) is -0.758. The number of amides is 1. The SMILES string of the molecule is CC[C@@H](Oc1ccc(OC)cc1)C(=O)Nc1cccc(C(F)(F)F)c1. The van der Waals surface area contributed by atoms with Crippen LogP contribution in [0, 0.1) is 0 Å². The summed E-state index contributed by atoms with van der Waals surface area (Å²) in [7, 11) is 1.53. The van der Waals surface area contributed by atoms with Crippen LogP contribution in [0.5, 0.6) is 11.5 Å². The van der Waals surface area contributed by atoms with Gasteiger partial charge in [0, 0.05) is 5.69 Å². The predicted molar refractivity (Wildman–Crippen MR) is 87.8 cm³/mol. The quantitative estimate of drug-likeness (QED) is 0.831. The van der Waals surface area contributed by atoms with Crippen LogP contribution in [0.25, 0.3) is 0 Å². The standard InChI is InChI=1S/C18H18F3NO3/c1-3-16(25-15-9-7-14(24-2)8-10-15)17(23)22-13-6-4-5-12(11-13)18(19,20)21/h4-11,16H,3H2,1-2H3,(H,22,23)/t16-/m1/s1. The molecule has 0 heterocycles. The molecule has 1 amide bonds. The Morgan fingerprint density at radius 1 is 1.12 bits per heavy atom. The lowest BCUT2D eigenvalue weighted by Crippen LogP contribution is -2.32. The topological polar surface area (TPSA) is 47.6 Å². The van der Waals surface area contributed by atoms with Crippen LogP contribution in [-0.4, -0.2) is 19.1 Å². The molecule has 0 bridgehead atoms. The van der Waals surface area contributed by atoms with E-state index in [0.717, 1.165) is 12.1 Å². The van der Waals surface area contributed by atoms with Crippen molar-refractivity contribution in [1.29, 1.82) is 0 Å². The van der Waals surface area contributed by atoms with E-state index >= 15 is 0 Å². The first kappa shape index (κ1) is 18.6. The van der Waals surface area contributed by atoms with Gasteiger partial charge in [-0.15, -0.1) is 0 Å². The van der Waals surface area contributed by atoms with E-state index in [-0.39, 0.29) is 5.69 Å². The number of ether oxygens (including phenoxy) is 2. The van der Waals surface area contributed by atoms with Crippen LogP contribution in [-0.2, 0) is 11.0 Å². The third-order valence-electron chi connectivity index (χ3n) is 3.46. The average Bonchev–Trinajstić information content (AvgIpc) is 2.59. The van der Waals surface area contributed by atoms with Crippen LogP contribution in [0.4, 0.5) is 18.9 Å². The van der Waals surface area contributed by atoms with Crippen molar-refractivity contribution in [3.63, 3.8) is 0 Å². The van der Waals surface area contributed by atoms with Gasteiger partial charge in [0.1, 0.15) is 11.5 Å². The highest BCUT2D eigenvalue weighted by atomic mass is 19.4. The number of carbonyl (C=O) groups excluding carboxylic acids is 1. The zero-order valence-electron chi connectivity index (χ0n) is 13.8. The molecule has 7 heteroatoms. The zero-order valence-corrected chi connectivity index (χ0v) is 13.8. The number of benzene rings is 2. The van der Waals surface area contributed by atoms with Crippen LogP contribution in [0.1, 0.15) is 18.9 Å². The summed E-state index contributed by atoms with van der Waals surface area (Å²) in [5.74, 6) is 0.596. The summed E-state index contributed by atoms with van der Waals surface area (Å²) in [6, 6.07) is 11.1. The normalized spacial score (nSPS) is 12.4. The van der Waals surface area contributed by atoms with Crippen molar-refractivity contribution in [2.75, 3.05) is 12.4 Å². The van der Waals surface area contributed by atoms with E-state index in [1.165, 1.54) is 19.2 Å². The fourth-order valence-electron chi connectivity index (χ4n) is 2.14. The second-order valence-electron chi connectivity index (χ2n) is 5.26. The second kappa shape index (κ2) is 7.92. The number of methoxy groups -OCH3 is 1. The molecule has 0 saturated heterocycles. The average molecular weight is 353 g/mol. The Labute approximate surface area is 143 Å². The molecular formula is C18H18F3NO3. The molecule has 134 valence electrons. The summed E-state index contributed by atoms with van der Waals surface area (Å²) < 4.78 is 48.8. The smallest absolute Gasteiger partial charge is 0.416 e. The Balaban J connectivity index is 2.06. The molecule has 25 heavy (non-hydrogen) atoms. The molecule has 0 aliphatic heterocycles. The maximum Gasteiger partial charge on any atom is 0.416 e. The van der Waals surface area contributed by atoms with Gasteiger partial charge in [0.2, 0.25) is 0 Å². The number of rotatable bonds is 6. The number of carbonyl (C=O) groups is 1. The summed E-state index contributed by atoms with van der Waals surface area (Å²) >= 11 is 0. The maximum absolute atomic E-state index is 12.7. The van der Waals surface area contributed by atoms with E-state index < -0.39 is 23.8 Å². The van der Waals surface area contributed by atoms with Crippen molar-refractivity contribution in [3.05, 3.63) is 54.1 Å². The molecule has 0 radical (unpaired) electrons. The van der Waals surface area contributed by atoms with E-state index in [1.54, 1.807) is 31.2 Å². The lowest BCUT2D eigenvalue weighted by molar-refractivity contribution is -0.137. The van der Waals surface area contributed by atoms with Gasteiger partial charge in [0.05, 0.1) is 12.7 Å². The van der Waals surface area contributed by atoms with Gasteiger partial charge >= 0.3 is 6.18 Å². The molecule has 0 aliphatic carbocycles. The van der Waals surface area contributed by atoms with Gasteiger partial charge in [-0.25, -0.2) is 0 Å². The molecule has 0 fully saturated rings. The van der Waals surface area contributed by atoms with Crippen molar-refractivity contribution < 1.29 is 27.4 Å². The molecule has 1 atom stereocenters. The summed E-state index contributed by atoms with van der Waals surface area (Å²) in [5, 5.41) is 2.46. The minimum Gasteiger partial charge on any atom is -0.497 e. The molecule has 0 saturated carbocycles. The van der Waals surface area contributed by atoms with Gasteiger partial charge in [-0.3, -0.25) is 4.79 Å². The summed E-state index contributed by atoms with van der Waals surface area (Å²) in [6.45, 7) is 1.75. The predicted octanol–water partition coefficient (Wildman–Crippen LogP) is 4.51. The first-order valence-electron chi connectivity index (χ1n) is 7.62. The number of hydrogen-bond acceptors (Lipinski definition) is 3. The third-order valence-corrected chi connectivity index (χ3v) is 3.46. The van der Waals surface area contributed by atoms with Crippen LogP contribution in [0.3, 0.4) is 0 Å². The molecule has 0 aromatic heterocycles. The van der Waals surface area contributed by atoms with Gasteiger partial charge in [-0.1, -0.05) is 13.0 Å². The second-order valence-corrected chi connectivity index (χ2v) is 5.26. The zero-order chi connectivity index (χ0) is 18.4. The Hall–Kier alpha value is -2.70. The first-order chi connectivity index (χ1) is 11.8. The minimum atomic E-state index is -4.47.